The summed E-state index contributed by atoms with van der Waals surface area (Å²) in [5, 5.41) is 20.2. The lowest BCUT2D eigenvalue weighted by molar-refractivity contribution is -0.165. The van der Waals surface area contributed by atoms with Gasteiger partial charge in [-0.1, -0.05) is 31.2 Å². The molecule has 1 aliphatic rings. The fraction of sp³-hybridized carbons (Fsp3) is 0.393. The maximum atomic E-state index is 11.8. The predicted octanol–water partition coefficient (Wildman–Crippen LogP) is 5.28. The van der Waals surface area contributed by atoms with Crippen molar-refractivity contribution in [2.24, 2.45) is 0 Å². The molecular formula is C28H33N5O3. The highest BCUT2D eigenvalue weighted by molar-refractivity contribution is 5.84. The normalized spacial score (nSPS) is 15.5. The highest BCUT2D eigenvalue weighted by Gasteiger charge is 2.32. The molecular weight excluding hydrogens is 454 g/mol. The molecule has 1 saturated heterocycles. The van der Waals surface area contributed by atoms with Crippen molar-refractivity contribution in [3.8, 4) is 16.9 Å². The van der Waals surface area contributed by atoms with E-state index in [4.69, 9.17) is 9.84 Å². The van der Waals surface area contributed by atoms with Gasteiger partial charge in [0.05, 0.1) is 41.1 Å². The summed E-state index contributed by atoms with van der Waals surface area (Å²) in [6.07, 6.45) is 4.62. The monoisotopic (exact) mass is 487 g/mol. The molecule has 1 fully saturated rings. The van der Waals surface area contributed by atoms with Crippen molar-refractivity contribution < 1.29 is 14.6 Å². The van der Waals surface area contributed by atoms with Crippen LogP contribution in [0.1, 0.15) is 45.7 Å². The van der Waals surface area contributed by atoms with Crippen LogP contribution in [0.15, 0.2) is 54.7 Å². The summed E-state index contributed by atoms with van der Waals surface area (Å²) >= 11 is 0. The zero-order valence-electron chi connectivity index (χ0n) is 21.1. The topological polar surface area (TPSA) is 85.4 Å². The Bertz CT molecular complexity index is 1390. The minimum Gasteiger partial charge on any atom is -0.479 e. The molecule has 1 atom stereocenters. The minimum atomic E-state index is -1.26. The lowest BCUT2D eigenvalue weighted by Crippen LogP contribution is -2.37. The molecule has 0 radical (unpaired) electrons. The van der Waals surface area contributed by atoms with Crippen LogP contribution in [0, 0.1) is 0 Å². The van der Waals surface area contributed by atoms with E-state index < -0.39 is 11.6 Å². The Hall–Kier alpha value is -3.65. The van der Waals surface area contributed by atoms with Gasteiger partial charge >= 0.3 is 5.97 Å². The van der Waals surface area contributed by atoms with Crippen molar-refractivity contribution >= 4 is 22.6 Å². The average molecular weight is 488 g/mol. The summed E-state index contributed by atoms with van der Waals surface area (Å²) < 4.78 is 9.85. The van der Waals surface area contributed by atoms with E-state index in [0.29, 0.717) is 12.1 Å². The predicted molar refractivity (Wildman–Crippen MR) is 141 cm³/mol. The number of ether oxygens (including phenoxy) is 1. The molecule has 0 bridgehead atoms. The molecule has 2 aromatic heterocycles. The number of rotatable bonds is 9. The number of carboxylic acid groups (broad SMARTS) is 1. The number of fused-ring (bicyclic) bond motifs is 1. The van der Waals surface area contributed by atoms with Gasteiger partial charge < -0.3 is 14.7 Å². The van der Waals surface area contributed by atoms with Crippen LogP contribution in [0.5, 0.6) is 0 Å². The van der Waals surface area contributed by atoms with Gasteiger partial charge in [0.2, 0.25) is 0 Å². The molecule has 3 heterocycles. The van der Waals surface area contributed by atoms with Crippen LogP contribution >= 0.6 is 0 Å². The molecule has 8 nitrogen and oxygen atoms in total. The highest BCUT2D eigenvalue weighted by Crippen LogP contribution is 2.33. The molecule has 0 aliphatic carbocycles. The Morgan fingerprint density at radius 1 is 1.08 bits per heavy atom. The van der Waals surface area contributed by atoms with Gasteiger partial charge in [-0.2, -0.15) is 10.2 Å². The van der Waals surface area contributed by atoms with Crippen molar-refractivity contribution in [2.45, 2.75) is 58.8 Å². The number of nitrogens with zero attached hydrogens (tertiary/aromatic N) is 5. The van der Waals surface area contributed by atoms with E-state index in [1.807, 2.05) is 34.6 Å². The summed E-state index contributed by atoms with van der Waals surface area (Å²) in [6, 6.07) is 16.7. The fourth-order valence-electron chi connectivity index (χ4n) is 4.79. The lowest BCUT2D eigenvalue weighted by Gasteiger charge is -2.23. The van der Waals surface area contributed by atoms with Crippen LogP contribution in [0.3, 0.4) is 0 Å². The number of hydrogen-bond donors (Lipinski definition) is 1. The zero-order chi connectivity index (χ0) is 25.3. The molecule has 188 valence electrons. The van der Waals surface area contributed by atoms with Crippen LogP contribution in [0.4, 0.5) is 5.69 Å². The van der Waals surface area contributed by atoms with Gasteiger partial charge in [0.25, 0.3) is 0 Å². The SMILES string of the molecule is CCn1ncc2ccc(-c3cc(CO[C@](C)(CC)C(=O)O)nn3-c3ccccc3N3CCCC3)cc21. The molecule has 0 unspecified atom stereocenters. The van der Waals surface area contributed by atoms with E-state index >= 15 is 0 Å². The van der Waals surface area contributed by atoms with E-state index in [1.165, 1.54) is 12.8 Å². The van der Waals surface area contributed by atoms with Gasteiger partial charge in [-0.15, -0.1) is 0 Å². The quantitative estimate of drug-likeness (QED) is 0.346. The highest BCUT2D eigenvalue weighted by atomic mass is 16.5. The second-order valence-electron chi connectivity index (χ2n) is 9.53. The van der Waals surface area contributed by atoms with Gasteiger partial charge in [-0.25, -0.2) is 9.48 Å². The number of benzene rings is 2. The van der Waals surface area contributed by atoms with E-state index in [2.05, 4.69) is 53.3 Å². The first-order valence-corrected chi connectivity index (χ1v) is 12.7. The van der Waals surface area contributed by atoms with Crippen LogP contribution in [0.25, 0.3) is 27.8 Å². The van der Waals surface area contributed by atoms with Gasteiger partial charge in [0.1, 0.15) is 0 Å². The number of carbonyl (C=O) groups is 1. The summed E-state index contributed by atoms with van der Waals surface area (Å²) in [7, 11) is 0. The largest absolute Gasteiger partial charge is 0.479 e. The Morgan fingerprint density at radius 2 is 1.83 bits per heavy atom. The van der Waals surface area contributed by atoms with E-state index in [-0.39, 0.29) is 6.61 Å². The van der Waals surface area contributed by atoms with Gasteiger partial charge in [0, 0.05) is 30.6 Å². The Morgan fingerprint density at radius 3 is 2.53 bits per heavy atom. The summed E-state index contributed by atoms with van der Waals surface area (Å²) in [4.78, 5) is 14.2. The summed E-state index contributed by atoms with van der Waals surface area (Å²) in [6.45, 7) is 8.45. The van der Waals surface area contributed by atoms with Crippen molar-refractivity contribution in [3.05, 3.63) is 60.4 Å². The Balaban J connectivity index is 1.62. The third-order valence-electron chi connectivity index (χ3n) is 7.22. The number of para-hydroxylation sites is 2. The molecule has 8 heteroatoms. The first-order chi connectivity index (χ1) is 17.4. The number of anilines is 1. The van der Waals surface area contributed by atoms with E-state index in [1.54, 1.807) is 6.92 Å². The Kier molecular flexibility index (Phi) is 6.53. The van der Waals surface area contributed by atoms with Crippen LogP contribution in [-0.2, 0) is 22.7 Å². The second kappa shape index (κ2) is 9.78. The molecule has 4 aromatic rings. The maximum Gasteiger partial charge on any atom is 0.335 e. The van der Waals surface area contributed by atoms with Crippen LogP contribution in [0.2, 0.25) is 0 Å². The van der Waals surface area contributed by atoms with Gasteiger partial charge in [-0.05, 0) is 57.4 Å². The van der Waals surface area contributed by atoms with Crippen molar-refractivity contribution in [3.63, 3.8) is 0 Å². The van der Waals surface area contributed by atoms with Crippen LogP contribution < -0.4 is 4.90 Å². The smallest absolute Gasteiger partial charge is 0.335 e. The van der Waals surface area contributed by atoms with Crippen molar-refractivity contribution in [1.82, 2.24) is 19.6 Å². The van der Waals surface area contributed by atoms with Crippen molar-refractivity contribution in [2.75, 3.05) is 18.0 Å². The molecule has 0 spiro atoms. The molecule has 2 aromatic carbocycles. The first kappa shape index (κ1) is 24.1. The average Bonchev–Trinajstić information content (AvgIpc) is 3.66. The minimum absolute atomic E-state index is 0.109. The third-order valence-corrected chi connectivity index (χ3v) is 7.22. The number of carboxylic acids is 1. The van der Waals surface area contributed by atoms with Crippen LogP contribution in [-0.4, -0.2) is 49.3 Å². The lowest BCUT2D eigenvalue weighted by atomic mass is 10.0. The van der Waals surface area contributed by atoms with Gasteiger partial charge in [-0.3, -0.25) is 4.68 Å². The van der Waals surface area contributed by atoms with E-state index in [9.17, 15) is 9.90 Å². The molecule has 1 N–H and O–H groups in total. The van der Waals surface area contributed by atoms with Gasteiger partial charge in [0.15, 0.2) is 5.60 Å². The first-order valence-electron chi connectivity index (χ1n) is 12.7. The fourth-order valence-corrected chi connectivity index (χ4v) is 4.79. The number of hydrogen-bond acceptors (Lipinski definition) is 5. The molecule has 1 aliphatic heterocycles. The zero-order valence-corrected chi connectivity index (χ0v) is 21.1. The second-order valence-corrected chi connectivity index (χ2v) is 9.53. The standard InChI is InChI=1S/C28H33N5O3/c1-4-28(3,27(34)35)36-19-22-17-26(20-12-13-21-18-29-32(5-2)25(21)16-20)33(30-22)24-11-7-6-10-23(24)31-14-8-9-15-31/h6-7,10-13,16-18H,4-5,8-9,14-15,19H2,1-3H3,(H,34,35)/t28-/m1/s1. The maximum absolute atomic E-state index is 11.8. The van der Waals surface area contributed by atoms with E-state index in [0.717, 1.165) is 53.2 Å². The molecule has 0 saturated carbocycles. The Labute approximate surface area is 211 Å². The number of aliphatic carboxylic acids is 1. The molecule has 36 heavy (non-hydrogen) atoms. The number of aryl methyl sites for hydroxylation is 1. The van der Waals surface area contributed by atoms with Crippen molar-refractivity contribution in [1.29, 1.82) is 0 Å². The molecule has 5 rings (SSSR count). The number of aromatic nitrogens is 4. The molecule has 0 amide bonds. The summed E-state index contributed by atoms with van der Waals surface area (Å²) in [5.74, 6) is -0.970. The third kappa shape index (κ3) is 4.37. The summed E-state index contributed by atoms with van der Waals surface area (Å²) in [5.41, 5.74) is 4.59.